The summed E-state index contributed by atoms with van der Waals surface area (Å²) in [5.74, 6) is 1.89. The summed E-state index contributed by atoms with van der Waals surface area (Å²) < 4.78 is 5.38. The molecule has 0 fully saturated rings. The Labute approximate surface area is 88.2 Å². The zero-order valence-corrected chi connectivity index (χ0v) is 8.80. The summed E-state index contributed by atoms with van der Waals surface area (Å²) >= 11 is 4.58. The van der Waals surface area contributed by atoms with Crippen LogP contribution in [0.3, 0.4) is 0 Å². The van der Waals surface area contributed by atoms with E-state index in [1.54, 1.807) is 6.21 Å². The number of hydrogen-bond donors (Lipinski definition) is 2. The van der Waals surface area contributed by atoms with Gasteiger partial charge in [0.15, 0.2) is 5.11 Å². The molecule has 0 aromatic carbocycles. The fraction of sp³-hybridized carbons (Fsp3) is 0.333. The van der Waals surface area contributed by atoms with E-state index in [0.717, 1.165) is 24.4 Å². The normalized spacial score (nSPS) is 10.6. The first-order chi connectivity index (χ1) is 6.68. The molecule has 0 spiro atoms. The minimum absolute atomic E-state index is 0.176. The predicted molar refractivity (Wildman–Crippen MR) is 60.2 cm³/mol. The molecule has 0 amide bonds. The largest absolute Gasteiger partial charge is 0.466 e. The van der Waals surface area contributed by atoms with Crippen molar-refractivity contribution in [1.29, 1.82) is 0 Å². The molecule has 0 aliphatic carbocycles. The zero-order chi connectivity index (χ0) is 10.4. The molecule has 1 heterocycles. The van der Waals surface area contributed by atoms with Gasteiger partial charge in [-0.25, -0.2) is 0 Å². The van der Waals surface area contributed by atoms with E-state index in [1.807, 2.05) is 19.1 Å². The molecule has 0 aliphatic rings. The molecule has 3 N–H and O–H groups in total. The van der Waals surface area contributed by atoms with E-state index in [0.29, 0.717) is 0 Å². The van der Waals surface area contributed by atoms with Gasteiger partial charge in [-0.15, -0.1) is 0 Å². The Kier molecular flexibility index (Phi) is 4.12. The highest BCUT2D eigenvalue weighted by Gasteiger charge is 1.95. The van der Waals surface area contributed by atoms with E-state index in [9.17, 15) is 0 Å². The van der Waals surface area contributed by atoms with Crippen molar-refractivity contribution in [3.63, 3.8) is 0 Å². The Bertz CT molecular complexity index is 333. The minimum atomic E-state index is 0.176. The molecular weight excluding hydrogens is 198 g/mol. The number of aryl methyl sites for hydroxylation is 2. The van der Waals surface area contributed by atoms with E-state index in [2.05, 4.69) is 22.7 Å². The molecule has 0 saturated heterocycles. The van der Waals surface area contributed by atoms with Crippen LogP contribution in [-0.2, 0) is 6.42 Å². The second-order valence-electron chi connectivity index (χ2n) is 2.84. The van der Waals surface area contributed by atoms with Crippen molar-refractivity contribution >= 4 is 23.5 Å². The Hall–Kier alpha value is -1.36. The molecule has 0 unspecified atom stereocenters. The summed E-state index contributed by atoms with van der Waals surface area (Å²) in [7, 11) is 0. The Morgan fingerprint density at radius 2 is 2.50 bits per heavy atom. The maximum atomic E-state index is 5.38. The molecule has 0 radical (unpaired) electrons. The first-order valence-electron chi connectivity index (χ1n) is 4.31. The molecule has 1 rings (SSSR count). The number of nitrogens with zero attached hydrogens (tertiary/aromatic N) is 1. The van der Waals surface area contributed by atoms with Gasteiger partial charge in [0.1, 0.15) is 11.5 Å². The van der Waals surface area contributed by atoms with Gasteiger partial charge in [-0.05, 0) is 37.7 Å². The first kappa shape index (κ1) is 10.7. The van der Waals surface area contributed by atoms with Crippen LogP contribution < -0.4 is 11.2 Å². The average Bonchev–Trinajstić information content (AvgIpc) is 2.50. The van der Waals surface area contributed by atoms with Crippen molar-refractivity contribution in [3.8, 4) is 0 Å². The number of hydrogen-bond acceptors (Lipinski definition) is 3. The molecule has 14 heavy (non-hydrogen) atoms. The average molecular weight is 211 g/mol. The van der Waals surface area contributed by atoms with Crippen molar-refractivity contribution in [1.82, 2.24) is 5.43 Å². The molecule has 76 valence electrons. The van der Waals surface area contributed by atoms with Crippen molar-refractivity contribution in [2.45, 2.75) is 19.8 Å². The van der Waals surface area contributed by atoms with Gasteiger partial charge >= 0.3 is 0 Å². The molecule has 0 saturated carbocycles. The van der Waals surface area contributed by atoms with Gasteiger partial charge in [-0.3, -0.25) is 5.43 Å². The third kappa shape index (κ3) is 4.04. The van der Waals surface area contributed by atoms with E-state index < -0.39 is 0 Å². The van der Waals surface area contributed by atoms with Crippen LogP contribution in [-0.4, -0.2) is 11.3 Å². The van der Waals surface area contributed by atoms with E-state index in [-0.39, 0.29) is 5.11 Å². The predicted octanol–water partition coefficient (Wildman–Crippen LogP) is 1.34. The number of nitrogens with two attached hydrogens (primary N) is 1. The van der Waals surface area contributed by atoms with Crippen LogP contribution in [0, 0.1) is 6.92 Å². The highest BCUT2D eigenvalue weighted by atomic mass is 32.1. The van der Waals surface area contributed by atoms with Crippen LogP contribution >= 0.6 is 12.2 Å². The lowest BCUT2D eigenvalue weighted by Gasteiger charge is -1.93. The molecular formula is C9H13N3OS. The van der Waals surface area contributed by atoms with Crippen LogP contribution in [0.25, 0.3) is 0 Å². The third-order valence-corrected chi connectivity index (χ3v) is 1.67. The van der Waals surface area contributed by atoms with Crippen molar-refractivity contribution < 1.29 is 4.42 Å². The van der Waals surface area contributed by atoms with Crippen molar-refractivity contribution in [3.05, 3.63) is 23.7 Å². The lowest BCUT2D eigenvalue weighted by Crippen LogP contribution is -2.23. The van der Waals surface area contributed by atoms with Gasteiger partial charge < -0.3 is 10.2 Å². The lowest BCUT2D eigenvalue weighted by molar-refractivity contribution is 0.485. The third-order valence-electron chi connectivity index (χ3n) is 1.58. The van der Waals surface area contributed by atoms with Crippen LogP contribution in [0.5, 0.6) is 0 Å². The van der Waals surface area contributed by atoms with Gasteiger partial charge in [-0.2, -0.15) is 5.10 Å². The highest BCUT2D eigenvalue weighted by Crippen LogP contribution is 2.07. The van der Waals surface area contributed by atoms with Crippen LogP contribution in [0.1, 0.15) is 17.9 Å². The van der Waals surface area contributed by atoms with E-state index in [4.69, 9.17) is 10.2 Å². The maximum Gasteiger partial charge on any atom is 0.184 e. The second-order valence-corrected chi connectivity index (χ2v) is 3.28. The van der Waals surface area contributed by atoms with Crippen molar-refractivity contribution in [2.24, 2.45) is 10.8 Å². The quantitative estimate of drug-likeness (QED) is 0.448. The molecule has 4 nitrogen and oxygen atoms in total. The van der Waals surface area contributed by atoms with Crippen LogP contribution in [0.15, 0.2) is 21.7 Å². The van der Waals surface area contributed by atoms with Crippen LogP contribution in [0.2, 0.25) is 0 Å². The number of thiocarbonyl (C=S) groups is 1. The summed E-state index contributed by atoms with van der Waals surface area (Å²) in [5.41, 5.74) is 7.66. The Balaban J connectivity index is 2.21. The Morgan fingerprint density at radius 3 is 3.07 bits per heavy atom. The SMILES string of the molecule is Cc1ccc(CC/C=N/NC(N)=S)o1. The van der Waals surface area contributed by atoms with Crippen molar-refractivity contribution in [2.75, 3.05) is 0 Å². The fourth-order valence-electron chi connectivity index (χ4n) is 1.00. The van der Waals surface area contributed by atoms with E-state index in [1.165, 1.54) is 0 Å². The highest BCUT2D eigenvalue weighted by molar-refractivity contribution is 7.80. The van der Waals surface area contributed by atoms with Crippen LogP contribution in [0.4, 0.5) is 0 Å². The monoisotopic (exact) mass is 211 g/mol. The lowest BCUT2D eigenvalue weighted by atomic mass is 10.3. The summed E-state index contributed by atoms with van der Waals surface area (Å²) in [6.07, 6.45) is 3.34. The molecule has 1 aromatic rings. The summed E-state index contributed by atoms with van der Waals surface area (Å²) in [4.78, 5) is 0. The summed E-state index contributed by atoms with van der Waals surface area (Å²) in [5, 5.41) is 3.99. The van der Waals surface area contributed by atoms with Gasteiger partial charge in [0.25, 0.3) is 0 Å². The maximum absolute atomic E-state index is 5.38. The molecule has 0 atom stereocenters. The number of furan rings is 1. The van der Waals surface area contributed by atoms with Gasteiger partial charge in [-0.1, -0.05) is 0 Å². The number of hydrazone groups is 1. The molecule has 1 aromatic heterocycles. The molecule has 0 aliphatic heterocycles. The smallest absolute Gasteiger partial charge is 0.184 e. The fourth-order valence-corrected chi connectivity index (χ4v) is 1.05. The zero-order valence-electron chi connectivity index (χ0n) is 7.99. The minimum Gasteiger partial charge on any atom is -0.466 e. The Morgan fingerprint density at radius 1 is 1.71 bits per heavy atom. The van der Waals surface area contributed by atoms with Gasteiger partial charge in [0.2, 0.25) is 0 Å². The van der Waals surface area contributed by atoms with Gasteiger partial charge in [0.05, 0.1) is 0 Å². The molecule has 0 bridgehead atoms. The first-order valence-corrected chi connectivity index (χ1v) is 4.71. The van der Waals surface area contributed by atoms with Gasteiger partial charge in [0, 0.05) is 12.6 Å². The second kappa shape index (κ2) is 5.39. The number of nitrogens with one attached hydrogen (secondary N) is 1. The summed E-state index contributed by atoms with van der Waals surface area (Å²) in [6.45, 7) is 1.92. The standard InChI is InChI=1S/C9H13N3OS/c1-7-4-5-8(13-7)3-2-6-11-12-9(10)14/h4-6H,2-3H2,1H3,(H3,10,12,14)/b11-6+. The summed E-state index contributed by atoms with van der Waals surface area (Å²) in [6, 6.07) is 3.91. The topological polar surface area (TPSA) is 63.5 Å². The molecule has 5 heteroatoms. The van der Waals surface area contributed by atoms with E-state index >= 15 is 0 Å². The number of rotatable bonds is 4.